The number of allylic oxidation sites excluding steroid dienone is 13. The topological polar surface area (TPSA) is 15.3 Å². The van der Waals surface area contributed by atoms with E-state index >= 15 is 0 Å². The molecule has 6 unspecified atom stereocenters. The highest BCUT2D eigenvalue weighted by atomic mass is 32.2. The van der Waals surface area contributed by atoms with Crippen molar-refractivity contribution in [2.75, 3.05) is 13.1 Å². The zero-order valence-corrected chi connectivity index (χ0v) is 55.6. The van der Waals surface area contributed by atoms with Crippen LogP contribution in [-0.2, 0) is 10.8 Å². The Kier molecular flexibility index (Phi) is 20.8. The average Bonchev–Trinajstić information content (AvgIpc) is 4.01. The number of fused-ring (bicyclic) bond motifs is 4. The highest BCUT2D eigenvalue weighted by molar-refractivity contribution is 8.02. The van der Waals surface area contributed by atoms with Crippen LogP contribution < -0.4 is 5.32 Å². The molecule has 2 saturated carbocycles. The monoisotopic (exact) mass is 1080 g/mol. The minimum Gasteiger partial charge on any atom is -0.356 e. The fourth-order valence-corrected chi connectivity index (χ4v) is 17.0. The lowest BCUT2D eigenvalue weighted by Gasteiger charge is -2.53. The zero-order chi connectivity index (χ0) is 58.1. The number of hydrogen-bond acceptors (Lipinski definition) is 3. The van der Waals surface area contributed by atoms with Gasteiger partial charge in [-0.25, -0.2) is 0 Å². The second kappa shape index (κ2) is 25.3. The molecule has 2 nitrogen and oxygen atoms in total. The lowest BCUT2D eigenvalue weighted by molar-refractivity contribution is 0.0144. The second-order valence-electron chi connectivity index (χ2n) is 30.9. The van der Waals surface area contributed by atoms with Gasteiger partial charge in [0.05, 0.1) is 0 Å². The number of thioether (sulfide) groups is 1. The molecule has 0 amide bonds. The van der Waals surface area contributed by atoms with Gasteiger partial charge in [-0.15, -0.1) is 0 Å². The summed E-state index contributed by atoms with van der Waals surface area (Å²) in [4.78, 5) is 3.00. The lowest BCUT2D eigenvalue weighted by atomic mass is 9.33. The molecule has 2 saturated heterocycles. The zero-order valence-electron chi connectivity index (χ0n) is 54.8. The van der Waals surface area contributed by atoms with Crippen molar-refractivity contribution in [3.8, 4) is 0 Å². The molecule has 432 valence electrons. The van der Waals surface area contributed by atoms with Crippen molar-refractivity contribution in [3.63, 3.8) is 0 Å². The first-order valence-corrected chi connectivity index (χ1v) is 32.7. The fraction of sp³-hybridized carbons (Fsp3) is 0.676. The molecule has 6 rings (SSSR count). The van der Waals surface area contributed by atoms with E-state index < -0.39 is 0 Å². The maximum Gasteiger partial charge on any atom is 0.223 e. The van der Waals surface area contributed by atoms with E-state index in [1.807, 2.05) is 0 Å². The van der Waals surface area contributed by atoms with E-state index in [9.17, 15) is 0 Å². The Morgan fingerprint density at radius 3 is 2.21 bits per heavy atom. The van der Waals surface area contributed by atoms with Crippen LogP contribution in [0, 0.1) is 51.2 Å². The maximum absolute atomic E-state index is 5.19. The van der Waals surface area contributed by atoms with Crippen molar-refractivity contribution in [1.29, 1.82) is 0 Å². The van der Waals surface area contributed by atoms with Crippen LogP contribution in [0.2, 0.25) is 0 Å². The minimum absolute atomic E-state index is 0.0220. The molecule has 2 heterocycles. The molecule has 5 aliphatic rings. The van der Waals surface area contributed by atoms with Crippen molar-refractivity contribution in [3.05, 3.63) is 135 Å². The highest BCUT2D eigenvalue weighted by Gasteiger charge is 2.63. The van der Waals surface area contributed by atoms with Gasteiger partial charge in [-0.3, -0.25) is 4.90 Å². The van der Waals surface area contributed by atoms with E-state index in [4.69, 9.17) is 6.58 Å². The van der Waals surface area contributed by atoms with Crippen molar-refractivity contribution in [2.24, 2.45) is 51.2 Å². The Morgan fingerprint density at radius 2 is 1.58 bits per heavy atom. The molecule has 0 spiro atoms. The predicted molar refractivity (Wildman–Crippen MR) is 351 cm³/mol. The van der Waals surface area contributed by atoms with Gasteiger partial charge in [-0.05, 0) is 187 Å². The number of rotatable bonds is 19. The molecule has 2 aliphatic heterocycles. The molecular formula is C74H117BN2S. The summed E-state index contributed by atoms with van der Waals surface area (Å²) in [6, 6.07) is 7.56. The summed E-state index contributed by atoms with van der Waals surface area (Å²) in [7, 11) is 0. The summed E-state index contributed by atoms with van der Waals surface area (Å²) in [5.74, 6) is 2.82. The SMILES string of the molecule is C=C(/C(=C\C=C\C(C)(C)CCC(C)C)NC(/C=C(\C)C(C)C)=C1/CN(C/C=C\C(CC)=C(/C)C(C)CC)C2C(SC3C2C(C)(C)CCC3(C)C)B1C(=C/C)/C=C1\CC(C)(C)CCC1C)c1cccc2c1C(C)(C)CCC2(C)C. The standard InChI is InChI=1S/C74H117BN2S/c1-25-51(8)54(11)56(26-2)31-30-44-77-48-61(75(58(27-3)46-57-47-70(15,16)39-36-52(57)9)68-66(77)65-67(78-68)74(23,24)43-42-73(65,21)22)63(45-53(10)50(6)7)76-62(34-29-37-69(13,14)38-35-49(4)5)55(12)59-32-28-33-60-64(59)72(19,20)41-40-71(60,17)18/h27-34,37,45-46,49-52,65-68,76H,12,25-26,35-36,38-44,47-48H2,1-11,13-24H3/b31-30-,37-29+,53-45+,56-54+,57-46+,58-27+,62-34+,63-61-. The summed E-state index contributed by atoms with van der Waals surface area (Å²) in [6.45, 7) is 63.8. The Morgan fingerprint density at radius 1 is 0.910 bits per heavy atom. The first-order valence-electron chi connectivity index (χ1n) is 31.7. The first kappa shape index (κ1) is 64.2. The maximum atomic E-state index is 5.19. The third kappa shape index (κ3) is 14.6. The van der Waals surface area contributed by atoms with Crippen LogP contribution in [-0.4, -0.2) is 41.1 Å². The molecule has 1 aromatic carbocycles. The van der Waals surface area contributed by atoms with Gasteiger partial charge in [0.25, 0.3) is 0 Å². The van der Waals surface area contributed by atoms with Crippen molar-refractivity contribution in [1.82, 2.24) is 10.2 Å². The van der Waals surface area contributed by atoms with Gasteiger partial charge in [0.1, 0.15) is 0 Å². The summed E-state index contributed by atoms with van der Waals surface area (Å²) >= 11 is 2.40. The quantitative estimate of drug-likeness (QED) is 0.110. The first-order chi connectivity index (χ1) is 36.2. The molecule has 0 radical (unpaired) electrons. The molecular weight excluding hydrogens is 960 g/mol. The Balaban J connectivity index is 1.70. The van der Waals surface area contributed by atoms with E-state index in [1.165, 1.54) is 95.8 Å². The van der Waals surface area contributed by atoms with Gasteiger partial charge in [0.2, 0.25) is 6.71 Å². The van der Waals surface area contributed by atoms with Crippen LogP contribution in [0.5, 0.6) is 0 Å². The van der Waals surface area contributed by atoms with Gasteiger partial charge in [-0.1, -0.05) is 234 Å². The number of nitrogens with zero attached hydrogens (tertiary/aromatic N) is 1. The highest BCUT2D eigenvalue weighted by Crippen LogP contribution is 2.63. The third-order valence-corrected chi connectivity index (χ3v) is 23.1. The summed E-state index contributed by atoms with van der Waals surface area (Å²) in [5, 5.41) is 5.41. The van der Waals surface area contributed by atoms with Crippen LogP contribution >= 0.6 is 11.8 Å². The van der Waals surface area contributed by atoms with Gasteiger partial charge >= 0.3 is 0 Å². The molecule has 0 bridgehead atoms. The van der Waals surface area contributed by atoms with Crippen molar-refractivity contribution >= 4 is 24.0 Å². The molecule has 3 aliphatic carbocycles. The molecule has 4 heteroatoms. The number of benzene rings is 1. The molecule has 6 atom stereocenters. The lowest BCUT2D eigenvalue weighted by Crippen LogP contribution is -2.61. The second-order valence-corrected chi connectivity index (χ2v) is 32.3. The summed E-state index contributed by atoms with van der Waals surface area (Å²) in [6.07, 6.45) is 33.5. The predicted octanol–water partition coefficient (Wildman–Crippen LogP) is 21.2. The van der Waals surface area contributed by atoms with Gasteiger partial charge < -0.3 is 5.32 Å². The molecule has 1 aromatic rings. The fourth-order valence-electron chi connectivity index (χ4n) is 14.5. The minimum atomic E-state index is 0.0220. The van der Waals surface area contributed by atoms with Crippen LogP contribution in [0.3, 0.4) is 0 Å². The Bertz CT molecular complexity index is 2550. The van der Waals surface area contributed by atoms with Crippen LogP contribution in [0.4, 0.5) is 0 Å². The normalized spacial score (nSPS) is 28.3. The van der Waals surface area contributed by atoms with E-state index in [0.29, 0.717) is 51.4 Å². The summed E-state index contributed by atoms with van der Waals surface area (Å²) < 4.78 is 0. The van der Waals surface area contributed by atoms with Crippen molar-refractivity contribution < 1.29 is 0 Å². The smallest absolute Gasteiger partial charge is 0.223 e. The van der Waals surface area contributed by atoms with E-state index in [1.54, 1.807) is 11.1 Å². The Hall–Kier alpha value is -2.95. The molecule has 1 N–H and O–H groups in total. The van der Waals surface area contributed by atoms with Gasteiger partial charge in [0.15, 0.2) is 0 Å². The molecule has 4 fully saturated rings. The van der Waals surface area contributed by atoms with E-state index in [0.717, 1.165) is 43.6 Å². The van der Waals surface area contributed by atoms with Gasteiger partial charge in [-0.2, -0.15) is 11.8 Å². The number of nitrogens with one attached hydrogen (secondary N) is 1. The van der Waals surface area contributed by atoms with E-state index in [2.05, 4.69) is 248 Å². The van der Waals surface area contributed by atoms with E-state index in [-0.39, 0.29) is 33.8 Å². The van der Waals surface area contributed by atoms with Gasteiger partial charge in [0, 0.05) is 40.9 Å². The summed E-state index contributed by atoms with van der Waals surface area (Å²) in [5.41, 5.74) is 17.9. The average molecular weight is 1080 g/mol. The molecule has 78 heavy (non-hydrogen) atoms. The van der Waals surface area contributed by atoms with Crippen LogP contribution in [0.25, 0.3) is 5.57 Å². The van der Waals surface area contributed by atoms with Crippen LogP contribution in [0.15, 0.2) is 118 Å². The Labute approximate surface area is 487 Å². The van der Waals surface area contributed by atoms with Crippen LogP contribution in [0.1, 0.15) is 247 Å². The molecule has 0 aromatic heterocycles. The number of hydrogen-bond donors (Lipinski definition) is 1. The third-order valence-electron chi connectivity index (χ3n) is 21.0. The largest absolute Gasteiger partial charge is 0.356 e. The van der Waals surface area contributed by atoms with Crippen molar-refractivity contribution in [2.45, 2.75) is 257 Å².